The number of guanidine groups is 1. The number of carbonyl (C=O) groups excluding carboxylic acids is 1. The van der Waals surface area contributed by atoms with E-state index in [1.165, 1.54) is 6.26 Å². The summed E-state index contributed by atoms with van der Waals surface area (Å²) in [6, 6.07) is 1.79. The van der Waals surface area contributed by atoms with Gasteiger partial charge in [-0.2, -0.15) is 0 Å². The first-order valence-corrected chi connectivity index (χ1v) is 6.44. The second kappa shape index (κ2) is 6.93. The first-order valence-electron chi connectivity index (χ1n) is 6.44. The molecule has 20 heavy (non-hydrogen) atoms. The molecule has 0 saturated heterocycles. The van der Waals surface area contributed by atoms with Crippen molar-refractivity contribution < 1.29 is 9.32 Å². The minimum atomic E-state index is -0.241. The molecule has 0 bridgehead atoms. The molecule has 0 aliphatic heterocycles. The van der Waals surface area contributed by atoms with Crippen molar-refractivity contribution in [3.05, 3.63) is 18.0 Å². The molecule has 0 aliphatic carbocycles. The lowest BCUT2D eigenvalue weighted by atomic mass is 10.1. The lowest BCUT2D eigenvalue weighted by Crippen LogP contribution is -2.48. The molecule has 0 aromatic carbocycles. The van der Waals surface area contributed by atoms with Gasteiger partial charge in [-0.3, -0.25) is 9.79 Å². The molecule has 0 unspecified atom stereocenters. The van der Waals surface area contributed by atoms with Crippen LogP contribution in [0.1, 0.15) is 26.5 Å². The number of hydrogen-bond acceptors (Lipinski definition) is 4. The van der Waals surface area contributed by atoms with E-state index in [1.54, 1.807) is 13.1 Å². The van der Waals surface area contributed by atoms with Crippen LogP contribution in [-0.4, -0.2) is 48.1 Å². The van der Waals surface area contributed by atoms with Crippen LogP contribution < -0.4 is 10.6 Å². The normalized spacial score (nSPS) is 12.2. The molecule has 0 fully saturated rings. The molecule has 1 amide bonds. The summed E-state index contributed by atoms with van der Waals surface area (Å²) in [6.07, 6.45) is 1.52. The molecule has 1 aromatic heterocycles. The van der Waals surface area contributed by atoms with Gasteiger partial charge in [-0.1, -0.05) is 5.16 Å². The highest BCUT2D eigenvalue weighted by atomic mass is 16.5. The molecule has 0 spiro atoms. The maximum Gasteiger partial charge on any atom is 0.239 e. The van der Waals surface area contributed by atoms with Gasteiger partial charge in [0.15, 0.2) is 5.96 Å². The molecule has 7 nitrogen and oxygen atoms in total. The van der Waals surface area contributed by atoms with Crippen LogP contribution in [0.2, 0.25) is 0 Å². The highest BCUT2D eigenvalue weighted by Gasteiger charge is 2.15. The Balaban J connectivity index is 2.45. The third-order valence-corrected chi connectivity index (χ3v) is 2.39. The molecular formula is C13H23N5O2. The van der Waals surface area contributed by atoms with E-state index in [9.17, 15) is 4.79 Å². The van der Waals surface area contributed by atoms with Crippen LogP contribution in [-0.2, 0) is 11.3 Å². The molecule has 7 heteroatoms. The summed E-state index contributed by atoms with van der Waals surface area (Å²) in [4.78, 5) is 17.7. The first kappa shape index (κ1) is 16.0. The Labute approximate surface area is 119 Å². The van der Waals surface area contributed by atoms with Gasteiger partial charge in [-0.15, -0.1) is 0 Å². The van der Waals surface area contributed by atoms with E-state index < -0.39 is 0 Å². The second-order valence-corrected chi connectivity index (χ2v) is 5.55. The fourth-order valence-corrected chi connectivity index (χ4v) is 1.64. The van der Waals surface area contributed by atoms with Crippen LogP contribution >= 0.6 is 0 Å². The van der Waals surface area contributed by atoms with E-state index >= 15 is 0 Å². The smallest absolute Gasteiger partial charge is 0.239 e. The van der Waals surface area contributed by atoms with E-state index in [0.717, 1.165) is 5.69 Å². The Morgan fingerprint density at radius 1 is 1.50 bits per heavy atom. The maximum atomic E-state index is 11.7. The van der Waals surface area contributed by atoms with Gasteiger partial charge in [0.2, 0.25) is 5.91 Å². The lowest BCUT2D eigenvalue weighted by Gasteiger charge is -2.23. The molecule has 1 heterocycles. The van der Waals surface area contributed by atoms with Gasteiger partial charge in [-0.25, -0.2) is 0 Å². The largest absolute Gasteiger partial charge is 0.364 e. The minimum Gasteiger partial charge on any atom is -0.364 e. The predicted octanol–water partition coefficient (Wildman–Crippen LogP) is 0.597. The van der Waals surface area contributed by atoms with E-state index in [1.807, 2.05) is 32.7 Å². The zero-order valence-corrected chi connectivity index (χ0v) is 12.7. The van der Waals surface area contributed by atoms with Crippen LogP contribution in [0.3, 0.4) is 0 Å². The summed E-state index contributed by atoms with van der Waals surface area (Å²) in [5, 5.41) is 9.73. The third-order valence-electron chi connectivity index (χ3n) is 2.39. The quantitative estimate of drug-likeness (QED) is 0.623. The summed E-state index contributed by atoms with van der Waals surface area (Å²) in [5.41, 5.74) is 0.559. The van der Waals surface area contributed by atoms with E-state index in [0.29, 0.717) is 12.5 Å². The first-order chi connectivity index (χ1) is 9.31. The molecule has 1 aromatic rings. The molecule has 112 valence electrons. The molecule has 0 radical (unpaired) electrons. The molecule has 1 rings (SSSR count). The Hall–Kier alpha value is -2.05. The average molecular weight is 281 g/mol. The van der Waals surface area contributed by atoms with Crippen molar-refractivity contribution in [1.29, 1.82) is 0 Å². The van der Waals surface area contributed by atoms with Crippen LogP contribution in [0.15, 0.2) is 21.8 Å². The number of carbonyl (C=O) groups is 1. The van der Waals surface area contributed by atoms with Gasteiger partial charge in [-0.05, 0) is 20.8 Å². The number of rotatable bonds is 4. The van der Waals surface area contributed by atoms with E-state index in [2.05, 4.69) is 20.8 Å². The third kappa shape index (κ3) is 5.73. The summed E-state index contributed by atoms with van der Waals surface area (Å²) >= 11 is 0. The number of amides is 1. The summed E-state index contributed by atoms with van der Waals surface area (Å²) in [7, 11) is 3.54. The van der Waals surface area contributed by atoms with Crippen LogP contribution in [0.25, 0.3) is 0 Å². The number of nitrogens with zero attached hydrogens (tertiary/aromatic N) is 3. The van der Waals surface area contributed by atoms with Crippen molar-refractivity contribution in [2.45, 2.75) is 32.9 Å². The summed E-state index contributed by atoms with van der Waals surface area (Å²) < 4.78 is 4.78. The standard InChI is InChI=1S/C13H23N5O2/c1-13(2,3)16-11(19)8-15-12(14-4)18(5)9-10-6-7-20-17-10/h6-7H,8-9H2,1-5H3,(H,14,15)(H,16,19). The van der Waals surface area contributed by atoms with Gasteiger partial charge in [0, 0.05) is 25.7 Å². The molecule has 0 saturated carbocycles. The van der Waals surface area contributed by atoms with Crippen LogP contribution in [0.5, 0.6) is 0 Å². The Morgan fingerprint density at radius 3 is 2.70 bits per heavy atom. The Morgan fingerprint density at radius 2 is 2.20 bits per heavy atom. The van der Waals surface area contributed by atoms with E-state index in [-0.39, 0.29) is 18.0 Å². The van der Waals surface area contributed by atoms with Crippen molar-refractivity contribution >= 4 is 11.9 Å². The molecule has 0 aliphatic rings. The molecular weight excluding hydrogens is 258 g/mol. The van der Waals surface area contributed by atoms with Gasteiger partial charge in [0.05, 0.1) is 13.1 Å². The molecule has 2 N–H and O–H groups in total. The highest BCUT2D eigenvalue weighted by Crippen LogP contribution is 2.00. The van der Waals surface area contributed by atoms with Crippen molar-refractivity contribution in [3.63, 3.8) is 0 Å². The Bertz CT molecular complexity index is 448. The fourth-order valence-electron chi connectivity index (χ4n) is 1.64. The predicted molar refractivity (Wildman–Crippen MR) is 77.2 cm³/mol. The summed E-state index contributed by atoms with van der Waals surface area (Å²) in [6.45, 7) is 6.55. The highest BCUT2D eigenvalue weighted by molar-refractivity contribution is 5.86. The van der Waals surface area contributed by atoms with Crippen molar-refractivity contribution in [3.8, 4) is 0 Å². The lowest BCUT2D eigenvalue weighted by molar-refractivity contribution is -0.121. The van der Waals surface area contributed by atoms with Gasteiger partial charge in [0.1, 0.15) is 12.0 Å². The van der Waals surface area contributed by atoms with Crippen LogP contribution in [0.4, 0.5) is 0 Å². The van der Waals surface area contributed by atoms with Crippen LogP contribution in [0, 0.1) is 0 Å². The fraction of sp³-hybridized carbons (Fsp3) is 0.615. The van der Waals surface area contributed by atoms with E-state index in [4.69, 9.17) is 4.52 Å². The summed E-state index contributed by atoms with van der Waals surface area (Å²) in [5.74, 6) is 0.547. The monoisotopic (exact) mass is 281 g/mol. The van der Waals surface area contributed by atoms with Crippen molar-refractivity contribution in [2.24, 2.45) is 4.99 Å². The van der Waals surface area contributed by atoms with Crippen molar-refractivity contribution in [1.82, 2.24) is 20.7 Å². The van der Waals surface area contributed by atoms with Gasteiger partial charge < -0.3 is 20.1 Å². The van der Waals surface area contributed by atoms with Gasteiger partial charge >= 0.3 is 0 Å². The SMILES string of the molecule is CN=C(NCC(=O)NC(C)(C)C)N(C)Cc1ccon1. The number of aliphatic imine (C=N–C) groups is 1. The zero-order chi connectivity index (χ0) is 15.2. The number of nitrogens with one attached hydrogen (secondary N) is 2. The number of hydrogen-bond donors (Lipinski definition) is 2. The maximum absolute atomic E-state index is 11.7. The average Bonchev–Trinajstić information content (AvgIpc) is 2.80. The van der Waals surface area contributed by atoms with Gasteiger partial charge in [0.25, 0.3) is 0 Å². The number of aromatic nitrogens is 1. The topological polar surface area (TPSA) is 82.8 Å². The van der Waals surface area contributed by atoms with Crippen molar-refractivity contribution in [2.75, 3.05) is 20.6 Å². The molecule has 0 atom stereocenters. The Kier molecular flexibility index (Phi) is 5.54. The minimum absolute atomic E-state index is 0.0755. The second-order valence-electron chi connectivity index (χ2n) is 5.55. The zero-order valence-electron chi connectivity index (χ0n) is 12.7.